The molecule has 1 aromatic heterocycles. The van der Waals surface area contributed by atoms with Gasteiger partial charge in [-0.1, -0.05) is 53.5 Å². The molecule has 162 valence electrons. The van der Waals surface area contributed by atoms with Crippen LogP contribution in [0.25, 0.3) is 6.08 Å². The number of nitrogens with one attached hydrogen (secondary N) is 1. The van der Waals surface area contributed by atoms with Gasteiger partial charge in [0.2, 0.25) is 0 Å². The summed E-state index contributed by atoms with van der Waals surface area (Å²) >= 11 is 19.4. The Balaban J connectivity index is 1.75. The minimum atomic E-state index is -0.586. The van der Waals surface area contributed by atoms with Crippen LogP contribution in [0.1, 0.15) is 16.0 Å². The highest BCUT2D eigenvalue weighted by molar-refractivity contribution is 7.15. The maximum absolute atomic E-state index is 12.7. The van der Waals surface area contributed by atoms with Crippen LogP contribution < -0.4 is 10.1 Å². The van der Waals surface area contributed by atoms with Crippen molar-refractivity contribution in [1.82, 2.24) is 4.98 Å². The summed E-state index contributed by atoms with van der Waals surface area (Å²) in [6, 6.07) is 12.2. The lowest BCUT2D eigenvalue weighted by Gasteiger charge is -2.08. The van der Waals surface area contributed by atoms with Gasteiger partial charge in [-0.3, -0.25) is 10.1 Å². The molecule has 0 radical (unpaired) electrons. The van der Waals surface area contributed by atoms with Gasteiger partial charge in [-0.2, -0.15) is 5.26 Å². The number of aromatic nitrogens is 1. The Morgan fingerprint density at radius 1 is 1.22 bits per heavy atom. The standard InChI is InChI=1S/C23H16Cl3N3O2S/c1-2-7-31-21-6-4-17(24)11-15(21)10-16(12-27)22(30)29-23-28-13-18(32-23)8-14-3-5-19(25)20(26)9-14/h2-6,9-11,13H,1,7-8H2,(H,28,29,30)/b16-10+. The molecular formula is C23H16Cl3N3O2S. The Bertz CT molecular complexity index is 1230. The molecule has 1 heterocycles. The molecule has 0 aliphatic rings. The topological polar surface area (TPSA) is 75.0 Å². The molecule has 3 aromatic rings. The van der Waals surface area contributed by atoms with Crippen LogP contribution in [0.2, 0.25) is 15.1 Å². The molecule has 0 aliphatic carbocycles. The summed E-state index contributed by atoms with van der Waals surface area (Å²) in [5, 5.41) is 14.0. The summed E-state index contributed by atoms with van der Waals surface area (Å²) in [7, 11) is 0. The van der Waals surface area contributed by atoms with E-state index in [1.165, 1.54) is 17.4 Å². The Labute approximate surface area is 204 Å². The third kappa shape index (κ3) is 6.35. The molecular weight excluding hydrogens is 489 g/mol. The number of halogens is 3. The number of carbonyl (C=O) groups excluding carboxylic acids is 1. The minimum absolute atomic E-state index is 0.114. The predicted molar refractivity (Wildman–Crippen MR) is 131 cm³/mol. The van der Waals surface area contributed by atoms with E-state index >= 15 is 0 Å². The van der Waals surface area contributed by atoms with Crippen molar-refractivity contribution in [3.8, 4) is 11.8 Å². The highest BCUT2D eigenvalue weighted by atomic mass is 35.5. The number of carbonyl (C=O) groups is 1. The van der Waals surface area contributed by atoms with Gasteiger partial charge in [0.05, 0.1) is 10.0 Å². The molecule has 0 saturated heterocycles. The van der Waals surface area contributed by atoms with E-state index < -0.39 is 5.91 Å². The van der Waals surface area contributed by atoms with Crippen LogP contribution in [0.15, 0.2) is 60.8 Å². The second kappa shape index (κ2) is 11.2. The largest absolute Gasteiger partial charge is 0.489 e. The van der Waals surface area contributed by atoms with Gasteiger partial charge >= 0.3 is 0 Å². The van der Waals surface area contributed by atoms with Gasteiger partial charge in [0, 0.05) is 28.1 Å². The van der Waals surface area contributed by atoms with Crippen molar-refractivity contribution < 1.29 is 9.53 Å². The van der Waals surface area contributed by atoms with E-state index in [0.29, 0.717) is 37.9 Å². The first-order valence-electron chi connectivity index (χ1n) is 9.24. The van der Waals surface area contributed by atoms with Crippen LogP contribution in [0, 0.1) is 11.3 Å². The van der Waals surface area contributed by atoms with Crippen molar-refractivity contribution in [3.05, 3.63) is 91.9 Å². The van der Waals surface area contributed by atoms with E-state index in [1.54, 1.807) is 42.6 Å². The predicted octanol–water partition coefficient (Wildman–Crippen LogP) is 6.80. The van der Waals surface area contributed by atoms with Gasteiger partial charge in [0.15, 0.2) is 5.13 Å². The molecule has 0 spiro atoms. The fourth-order valence-electron chi connectivity index (χ4n) is 2.68. The summed E-state index contributed by atoms with van der Waals surface area (Å²) in [5.41, 5.74) is 1.36. The van der Waals surface area contributed by atoms with E-state index in [2.05, 4.69) is 16.9 Å². The normalized spacial score (nSPS) is 11.0. The first-order chi connectivity index (χ1) is 15.4. The van der Waals surface area contributed by atoms with Crippen molar-refractivity contribution in [1.29, 1.82) is 5.26 Å². The van der Waals surface area contributed by atoms with Crippen molar-refractivity contribution >= 4 is 63.3 Å². The first kappa shape index (κ1) is 23.8. The lowest BCUT2D eigenvalue weighted by Crippen LogP contribution is -2.13. The fourth-order valence-corrected chi connectivity index (χ4v) is 4.02. The number of nitriles is 1. The fraction of sp³-hybridized carbons (Fsp3) is 0.0870. The molecule has 1 amide bonds. The molecule has 2 aromatic carbocycles. The highest BCUT2D eigenvalue weighted by Gasteiger charge is 2.14. The number of rotatable bonds is 8. The number of nitrogens with zero attached hydrogens (tertiary/aromatic N) is 2. The maximum atomic E-state index is 12.7. The molecule has 1 N–H and O–H groups in total. The lowest BCUT2D eigenvalue weighted by atomic mass is 10.1. The number of hydrogen-bond acceptors (Lipinski definition) is 5. The van der Waals surface area contributed by atoms with Gasteiger partial charge in [0.25, 0.3) is 5.91 Å². The molecule has 0 saturated carbocycles. The SMILES string of the molecule is C=CCOc1ccc(Cl)cc1/C=C(\C#N)C(=O)Nc1ncc(Cc2ccc(Cl)c(Cl)c2)s1. The number of thiazole rings is 1. The summed E-state index contributed by atoms with van der Waals surface area (Å²) in [6.45, 7) is 3.89. The van der Waals surface area contributed by atoms with Crippen molar-refractivity contribution in [2.45, 2.75) is 6.42 Å². The molecule has 32 heavy (non-hydrogen) atoms. The van der Waals surface area contributed by atoms with Gasteiger partial charge < -0.3 is 4.74 Å². The summed E-state index contributed by atoms with van der Waals surface area (Å²) in [6.07, 6.45) is 5.26. The summed E-state index contributed by atoms with van der Waals surface area (Å²) in [4.78, 5) is 17.8. The summed E-state index contributed by atoms with van der Waals surface area (Å²) < 4.78 is 5.57. The van der Waals surface area contributed by atoms with Gasteiger partial charge in [-0.15, -0.1) is 11.3 Å². The maximum Gasteiger partial charge on any atom is 0.268 e. The molecule has 9 heteroatoms. The Kier molecular flexibility index (Phi) is 8.32. The van der Waals surface area contributed by atoms with Crippen LogP contribution in [-0.4, -0.2) is 17.5 Å². The van der Waals surface area contributed by atoms with Gasteiger partial charge in [-0.05, 0) is 42.0 Å². The lowest BCUT2D eigenvalue weighted by molar-refractivity contribution is -0.112. The zero-order valence-electron chi connectivity index (χ0n) is 16.6. The monoisotopic (exact) mass is 503 g/mol. The molecule has 0 atom stereocenters. The third-order valence-electron chi connectivity index (χ3n) is 4.13. The smallest absolute Gasteiger partial charge is 0.268 e. The zero-order valence-corrected chi connectivity index (χ0v) is 19.7. The van der Waals surface area contributed by atoms with E-state index in [4.69, 9.17) is 39.5 Å². The molecule has 0 fully saturated rings. The molecule has 3 rings (SSSR count). The zero-order chi connectivity index (χ0) is 23.1. The Hall–Kier alpha value is -2.82. The Morgan fingerprint density at radius 3 is 2.75 bits per heavy atom. The minimum Gasteiger partial charge on any atom is -0.489 e. The second-order valence-electron chi connectivity index (χ2n) is 6.46. The molecule has 5 nitrogen and oxygen atoms in total. The average Bonchev–Trinajstić information content (AvgIpc) is 3.20. The van der Waals surface area contributed by atoms with E-state index in [1.807, 2.05) is 12.1 Å². The van der Waals surface area contributed by atoms with Gasteiger partial charge in [0.1, 0.15) is 24.0 Å². The van der Waals surface area contributed by atoms with Gasteiger partial charge in [-0.25, -0.2) is 4.98 Å². The van der Waals surface area contributed by atoms with Crippen molar-refractivity contribution in [2.24, 2.45) is 0 Å². The number of ether oxygens (including phenoxy) is 1. The van der Waals surface area contributed by atoms with Crippen molar-refractivity contribution in [3.63, 3.8) is 0 Å². The van der Waals surface area contributed by atoms with Crippen LogP contribution in [-0.2, 0) is 11.2 Å². The molecule has 0 aliphatic heterocycles. The van der Waals surface area contributed by atoms with Crippen LogP contribution in [0.3, 0.4) is 0 Å². The highest BCUT2D eigenvalue weighted by Crippen LogP contribution is 2.28. The van der Waals surface area contributed by atoms with E-state index in [-0.39, 0.29) is 12.2 Å². The third-order valence-corrected chi connectivity index (χ3v) is 6.02. The average molecular weight is 505 g/mol. The number of hydrogen-bond donors (Lipinski definition) is 1. The molecule has 0 unspecified atom stereocenters. The summed E-state index contributed by atoms with van der Waals surface area (Å²) in [5.74, 6) is -0.106. The van der Waals surface area contributed by atoms with Crippen LogP contribution in [0.4, 0.5) is 5.13 Å². The Morgan fingerprint density at radius 2 is 2.03 bits per heavy atom. The molecule has 0 bridgehead atoms. The number of benzene rings is 2. The second-order valence-corrected chi connectivity index (χ2v) is 8.83. The quantitative estimate of drug-likeness (QED) is 0.208. The number of amides is 1. The van der Waals surface area contributed by atoms with Crippen molar-refractivity contribution in [2.75, 3.05) is 11.9 Å². The first-order valence-corrected chi connectivity index (χ1v) is 11.2. The number of anilines is 1. The van der Waals surface area contributed by atoms with Crippen LogP contribution >= 0.6 is 46.1 Å². The van der Waals surface area contributed by atoms with E-state index in [9.17, 15) is 10.1 Å². The van der Waals surface area contributed by atoms with E-state index in [0.717, 1.165) is 10.4 Å². The van der Waals surface area contributed by atoms with Crippen LogP contribution in [0.5, 0.6) is 5.75 Å².